The third-order valence-electron chi connectivity index (χ3n) is 5.17. The zero-order valence-corrected chi connectivity index (χ0v) is 16.6. The van der Waals surface area contributed by atoms with Crippen molar-refractivity contribution in [2.75, 3.05) is 28.9 Å². The molecule has 0 saturated carbocycles. The highest BCUT2D eigenvalue weighted by atomic mass is 32.2. The first-order chi connectivity index (χ1) is 13.8. The molecule has 0 radical (unpaired) electrons. The van der Waals surface area contributed by atoms with Crippen LogP contribution in [-0.2, 0) is 32.5 Å². The number of carboxylic acids is 1. The SMILES string of the molecule is CCc1cccc2c1N(S(=O)(=O)c1ccc3c(c1)N(CC(=O)O)C(=O)CO3)CC2. The Morgan fingerprint density at radius 1 is 1.24 bits per heavy atom. The number of sulfonamides is 1. The minimum absolute atomic E-state index is 0.0105. The van der Waals surface area contributed by atoms with Crippen molar-refractivity contribution in [3.8, 4) is 5.75 Å². The highest BCUT2D eigenvalue weighted by Gasteiger charge is 2.34. The zero-order valence-electron chi connectivity index (χ0n) is 15.8. The molecule has 4 rings (SSSR count). The van der Waals surface area contributed by atoms with Gasteiger partial charge in [-0.3, -0.25) is 18.8 Å². The molecule has 0 spiro atoms. The number of carbonyl (C=O) groups excluding carboxylic acids is 1. The number of carboxylic acid groups (broad SMARTS) is 1. The third-order valence-corrected chi connectivity index (χ3v) is 6.97. The fourth-order valence-corrected chi connectivity index (χ4v) is 5.37. The van der Waals surface area contributed by atoms with Crippen molar-refractivity contribution in [3.63, 3.8) is 0 Å². The number of aryl methyl sites for hydroxylation is 1. The van der Waals surface area contributed by atoms with Crippen LogP contribution in [-0.4, -0.2) is 45.1 Å². The van der Waals surface area contributed by atoms with Crippen molar-refractivity contribution >= 4 is 33.3 Å². The maximum atomic E-state index is 13.4. The molecule has 0 saturated heterocycles. The van der Waals surface area contributed by atoms with Crippen LogP contribution in [0.5, 0.6) is 5.75 Å². The molecule has 0 aromatic heterocycles. The van der Waals surface area contributed by atoms with Gasteiger partial charge < -0.3 is 9.84 Å². The van der Waals surface area contributed by atoms with E-state index in [-0.39, 0.29) is 22.9 Å². The maximum absolute atomic E-state index is 13.4. The number of rotatable bonds is 5. The van der Waals surface area contributed by atoms with Crippen LogP contribution in [0, 0.1) is 0 Å². The molecule has 2 aromatic carbocycles. The highest BCUT2D eigenvalue weighted by Crippen LogP contribution is 2.39. The van der Waals surface area contributed by atoms with Gasteiger partial charge in [0.05, 0.1) is 16.3 Å². The number of hydrogen-bond acceptors (Lipinski definition) is 5. The van der Waals surface area contributed by atoms with Crippen LogP contribution < -0.4 is 13.9 Å². The summed E-state index contributed by atoms with van der Waals surface area (Å²) in [6, 6.07) is 9.98. The van der Waals surface area contributed by atoms with E-state index in [0.29, 0.717) is 25.1 Å². The van der Waals surface area contributed by atoms with E-state index in [9.17, 15) is 18.0 Å². The van der Waals surface area contributed by atoms with Gasteiger partial charge in [0.2, 0.25) is 0 Å². The van der Waals surface area contributed by atoms with Crippen LogP contribution in [0.3, 0.4) is 0 Å². The Bertz CT molecular complexity index is 1110. The minimum atomic E-state index is -3.90. The number of benzene rings is 2. The Hall–Kier alpha value is -3.07. The summed E-state index contributed by atoms with van der Waals surface area (Å²) in [5.41, 5.74) is 2.79. The van der Waals surface area contributed by atoms with Gasteiger partial charge in [0.25, 0.3) is 15.9 Å². The molecule has 8 nitrogen and oxygen atoms in total. The number of para-hydroxylation sites is 1. The fraction of sp³-hybridized carbons (Fsp3) is 0.300. The summed E-state index contributed by atoms with van der Waals surface area (Å²) in [5, 5.41) is 9.12. The van der Waals surface area contributed by atoms with Gasteiger partial charge >= 0.3 is 5.97 Å². The van der Waals surface area contributed by atoms with Crippen LogP contribution in [0.15, 0.2) is 41.3 Å². The Labute approximate surface area is 168 Å². The molecule has 152 valence electrons. The van der Waals surface area contributed by atoms with Crippen LogP contribution >= 0.6 is 0 Å². The number of amides is 1. The molecule has 0 unspecified atom stereocenters. The molecule has 0 fully saturated rings. The summed E-state index contributed by atoms with van der Waals surface area (Å²) in [4.78, 5) is 24.3. The first-order valence-corrected chi connectivity index (χ1v) is 10.7. The van der Waals surface area contributed by atoms with Gasteiger partial charge in [-0.25, -0.2) is 8.42 Å². The maximum Gasteiger partial charge on any atom is 0.323 e. The lowest BCUT2D eigenvalue weighted by molar-refractivity contribution is -0.137. The van der Waals surface area contributed by atoms with Crippen LogP contribution in [0.25, 0.3) is 0 Å². The van der Waals surface area contributed by atoms with E-state index < -0.39 is 28.4 Å². The van der Waals surface area contributed by atoms with E-state index in [1.54, 1.807) is 0 Å². The molecule has 2 aliphatic heterocycles. The Balaban J connectivity index is 1.78. The number of aliphatic carboxylic acids is 1. The largest absolute Gasteiger partial charge is 0.482 e. The van der Waals surface area contributed by atoms with E-state index in [0.717, 1.165) is 16.0 Å². The van der Waals surface area contributed by atoms with Gasteiger partial charge in [-0.2, -0.15) is 0 Å². The minimum Gasteiger partial charge on any atom is -0.482 e. The summed E-state index contributed by atoms with van der Waals surface area (Å²) in [6.45, 7) is 1.46. The molecule has 1 N–H and O–H groups in total. The lowest BCUT2D eigenvalue weighted by Gasteiger charge is -2.29. The van der Waals surface area contributed by atoms with Gasteiger partial charge in [0.1, 0.15) is 12.3 Å². The van der Waals surface area contributed by atoms with Gasteiger partial charge in [0.15, 0.2) is 6.61 Å². The molecule has 0 bridgehead atoms. The Kier molecular flexibility index (Phi) is 4.70. The number of hydrogen-bond donors (Lipinski definition) is 1. The molecule has 0 atom stereocenters. The summed E-state index contributed by atoms with van der Waals surface area (Å²) in [6.07, 6.45) is 1.33. The summed E-state index contributed by atoms with van der Waals surface area (Å²) in [5.74, 6) is -1.45. The second kappa shape index (κ2) is 7.07. The normalized spacial score (nSPS) is 15.7. The Morgan fingerprint density at radius 2 is 2.03 bits per heavy atom. The monoisotopic (exact) mass is 416 g/mol. The summed E-state index contributed by atoms with van der Waals surface area (Å²) in [7, 11) is -3.90. The molecular weight excluding hydrogens is 396 g/mol. The quantitative estimate of drug-likeness (QED) is 0.797. The van der Waals surface area contributed by atoms with E-state index in [2.05, 4.69) is 0 Å². The van der Waals surface area contributed by atoms with Crippen molar-refractivity contribution < 1.29 is 27.9 Å². The number of carbonyl (C=O) groups is 2. The number of ether oxygens (including phenoxy) is 1. The highest BCUT2D eigenvalue weighted by molar-refractivity contribution is 7.92. The summed E-state index contributed by atoms with van der Waals surface area (Å²) >= 11 is 0. The molecule has 2 aliphatic rings. The van der Waals surface area contributed by atoms with Crippen LogP contribution in [0.1, 0.15) is 18.1 Å². The van der Waals surface area contributed by atoms with Crippen LogP contribution in [0.4, 0.5) is 11.4 Å². The molecular formula is C20H20N2O6S. The third kappa shape index (κ3) is 3.21. The molecule has 1 amide bonds. The van der Waals surface area contributed by atoms with E-state index in [4.69, 9.17) is 9.84 Å². The van der Waals surface area contributed by atoms with Crippen molar-refractivity contribution in [1.82, 2.24) is 0 Å². The van der Waals surface area contributed by atoms with Crippen LogP contribution in [0.2, 0.25) is 0 Å². The first-order valence-electron chi connectivity index (χ1n) is 9.25. The molecule has 9 heteroatoms. The standard InChI is InChI=1S/C20H20N2O6S/c1-2-13-4-3-5-14-8-9-22(20(13)14)29(26,27)15-6-7-17-16(10-15)21(11-19(24)25)18(23)12-28-17/h3-7,10H,2,8-9,11-12H2,1H3,(H,24,25). The topological polar surface area (TPSA) is 104 Å². The predicted molar refractivity (Wildman–Crippen MR) is 106 cm³/mol. The van der Waals surface area contributed by atoms with Gasteiger partial charge in [-0.1, -0.05) is 25.1 Å². The first kappa shape index (κ1) is 19.3. The summed E-state index contributed by atoms with van der Waals surface area (Å²) < 4.78 is 33.6. The molecule has 29 heavy (non-hydrogen) atoms. The second-order valence-corrected chi connectivity index (χ2v) is 8.76. The lowest BCUT2D eigenvalue weighted by atomic mass is 10.1. The number of fused-ring (bicyclic) bond motifs is 2. The average Bonchev–Trinajstić information content (AvgIpc) is 3.14. The van der Waals surface area contributed by atoms with Crippen molar-refractivity contribution in [3.05, 3.63) is 47.5 Å². The number of anilines is 2. The smallest absolute Gasteiger partial charge is 0.323 e. The lowest BCUT2D eigenvalue weighted by Crippen LogP contribution is -2.42. The zero-order chi connectivity index (χ0) is 20.8. The van der Waals surface area contributed by atoms with Gasteiger partial charge in [-0.05, 0) is 42.2 Å². The predicted octanol–water partition coefficient (Wildman–Crippen LogP) is 1.81. The molecule has 0 aliphatic carbocycles. The number of nitrogens with zero attached hydrogens (tertiary/aromatic N) is 2. The van der Waals surface area contributed by atoms with E-state index >= 15 is 0 Å². The van der Waals surface area contributed by atoms with Crippen molar-refractivity contribution in [1.29, 1.82) is 0 Å². The van der Waals surface area contributed by atoms with Gasteiger partial charge in [-0.15, -0.1) is 0 Å². The van der Waals surface area contributed by atoms with E-state index in [1.165, 1.54) is 22.5 Å². The Morgan fingerprint density at radius 3 is 2.76 bits per heavy atom. The van der Waals surface area contributed by atoms with Crippen molar-refractivity contribution in [2.45, 2.75) is 24.7 Å². The van der Waals surface area contributed by atoms with E-state index in [1.807, 2.05) is 25.1 Å². The van der Waals surface area contributed by atoms with Crippen molar-refractivity contribution in [2.24, 2.45) is 0 Å². The van der Waals surface area contributed by atoms with Gasteiger partial charge in [0, 0.05) is 6.54 Å². The fourth-order valence-electron chi connectivity index (χ4n) is 3.80. The molecule has 2 heterocycles. The molecule has 2 aromatic rings. The average molecular weight is 416 g/mol. The second-order valence-electron chi connectivity index (χ2n) is 6.90.